The summed E-state index contributed by atoms with van der Waals surface area (Å²) < 4.78 is 21.3. The fraction of sp³-hybridized carbons (Fsp3) is 0.143. The number of hydrogen-bond acceptors (Lipinski definition) is 5. The van der Waals surface area contributed by atoms with Crippen molar-refractivity contribution in [1.82, 2.24) is 19.1 Å². The van der Waals surface area contributed by atoms with Gasteiger partial charge in [-0.3, -0.25) is 9.36 Å². The molecule has 4 aromatic rings. The van der Waals surface area contributed by atoms with Gasteiger partial charge in [0.2, 0.25) is 0 Å². The van der Waals surface area contributed by atoms with Crippen LogP contribution < -0.4 is 16.2 Å². The number of halogens is 1. The van der Waals surface area contributed by atoms with E-state index in [1.807, 2.05) is 0 Å². The molecule has 8 nitrogen and oxygen atoms in total. The quantitative estimate of drug-likeness (QED) is 0.547. The van der Waals surface area contributed by atoms with Gasteiger partial charge < -0.3 is 10.5 Å². The zero-order valence-electron chi connectivity index (χ0n) is 16.3. The minimum absolute atomic E-state index is 0.0642. The van der Waals surface area contributed by atoms with E-state index in [-0.39, 0.29) is 29.2 Å². The first-order chi connectivity index (χ1) is 14.4. The van der Waals surface area contributed by atoms with Crippen LogP contribution in [0.5, 0.6) is 5.75 Å². The predicted molar refractivity (Wildman–Crippen MR) is 109 cm³/mol. The predicted octanol–water partition coefficient (Wildman–Crippen LogP) is 2.52. The lowest BCUT2D eigenvalue weighted by atomic mass is 10.2. The van der Waals surface area contributed by atoms with Gasteiger partial charge in [0.15, 0.2) is 17.2 Å². The van der Waals surface area contributed by atoms with E-state index in [0.29, 0.717) is 17.0 Å². The second-order valence-corrected chi connectivity index (χ2v) is 6.50. The molecule has 0 atom stereocenters. The minimum Gasteiger partial charge on any atom is -0.497 e. The number of methoxy groups -OCH3 is 1. The Morgan fingerprint density at radius 3 is 2.33 bits per heavy atom. The van der Waals surface area contributed by atoms with Crippen molar-refractivity contribution in [2.45, 2.75) is 13.5 Å². The van der Waals surface area contributed by atoms with Crippen molar-refractivity contribution >= 4 is 17.1 Å². The summed E-state index contributed by atoms with van der Waals surface area (Å²) in [5, 5.41) is 0. The first-order valence-electron chi connectivity index (χ1n) is 9.18. The molecule has 0 aliphatic heterocycles. The van der Waals surface area contributed by atoms with Crippen molar-refractivity contribution in [2.24, 2.45) is 5.73 Å². The highest BCUT2D eigenvalue weighted by molar-refractivity contribution is 6.02. The third kappa shape index (κ3) is 3.10. The number of nitrogens with zero attached hydrogens (tertiary/aromatic N) is 4. The fourth-order valence-corrected chi connectivity index (χ4v) is 3.31. The van der Waals surface area contributed by atoms with Gasteiger partial charge in [-0.25, -0.2) is 23.7 Å². The average Bonchev–Trinajstić information content (AvgIpc) is 3.04. The van der Waals surface area contributed by atoms with Crippen molar-refractivity contribution < 1.29 is 13.9 Å². The summed E-state index contributed by atoms with van der Waals surface area (Å²) in [4.78, 5) is 34.2. The Labute approximate surface area is 170 Å². The first kappa shape index (κ1) is 19.3. The van der Waals surface area contributed by atoms with E-state index in [2.05, 4.69) is 9.97 Å². The number of aromatic nitrogens is 4. The smallest absolute Gasteiger partial charge is 0.335 e. The molecule has 0 spiro atoms. The first-order valence-corrected chi connectivity index (χ1v) is 9.18. The number of benzene rings is 2. The molecule has 2 aromatic carbocycles. The Kier molecular flexibility index (Phi) is 4.78. The summed E-state index contributed by atoms with van der Waals surface area (Å²) in [7, 11) is 1.55. The van der Waals surface area contributed by atoms with E-state index < -0.39 is 17.4 Å². The van der Waals surface area contributed by atoms with Gasteiger partial charge in [0.05, 0.1) is 12.8 Å². The van der Waals surface area contributed by atoms with E-state index in [1.165, 1.54) is 33.4 Å². The maximum Gasteiger partial charge on any atom is 0.335 e. The average molecular weight is 407 g/mol. The summed E-state index contributed by atoms with van der Waals surface area (Å²) >= 11 is 0. The third-order valence-electron chi connectivity index (χ3n) is 4.75. The number of nitrogens with two attached hydrogens (primary N) is 1. The summed E-state index contributed by atoms with van der Waals surface area (Å²) in [5.74, 6) is -0.341. The van der Waals surface area contributed by atoms with Crippen LogP contribution in [0.25, 0.3) is 28.2 Å². The molecule has 0 bridgehead atoms. The van der Waals surface area contributed by atoms with Crippen LogP contribution in [0.2, 0.25) is 0 Å². The van der Waals surface area contributed by atoms with Gasteiger partial charge in [-0.1, -0.05) is 0 Å². The second kappa shape index (κ2) is 7.43. The Morgan fingerprint density at radius 1 is 1.10 bits per heavy atom. The molecule has 2 N–H and O–H groups in total. The molecule has 0 saturated carbocycles. The summed E-state index contributed by atoms with van der Waals surface area (Å²) in [5.41, 5.74) is 6.57. The van der Waals surface area contributed by atoms with Crippen molar-refractivity contribution in [3.63, 3.8) is 0 Å². The molecule has 4 rings (SSSR count). The number of rotatable bonds is 5. The molecule has 0 aliphatic carbocycles. The van der Waals surface area contributed by atoms with Crippen molar-refractivity contribution in [3.05, 3.63) is 70.5 Å². The highest BCUT2D eigenvalue weighted by Gasteiger charge is 2.23. The van der Waals surface area contributed by atoms with Crippen LogP contribution in [0.4, 0.5) is 4.39 Å². The number of carbonyl (C=O) groups excluding carboxylic acids is 1. The summed E-state index contributed by atoms with van der Waals surface area (Å²) in [6, 6.07) is 12.4. The molecule has 2 aromatic heterocycles. The fourth-order valence-electron chi connectivity index (χ4n) is 3.31. The molecule has 2 heterocycles. The van der Waals surface area contributed by atoms with Gasteiger partial charge in [-0.15, -0.1) is 0 Å². The molecule has 0 saturated heterocycles. The highest BCUT2D eigenvalue weighted by atomic mass is 19.1. The van der Waals surface area contributed by atoms with Crippen LogP contribution in [-0.4, -0.2) is 32.1 Å². The van der Waals surface area contributed by atoms with Crippen molar-refractivity contribution in [1.29, 1.82) is 0 Å². The number of ether oxygens (including phenoxy) is 1. The van der Waals surface area contributed by atoms with E-state index >= 15 is 0 Å². The number of amides is 1. The van der Waals surface area contributed by atoms with Gasteiger partial charge in [-0.05, 0) is 55.5 Å². The lowest BCUT2D eigenvalue weighted by molar-refractivity contribution is 0.0997. The molecule has 0 radical (unpaired) electrons. The molecular weight excluding hydrogens is 389 g/mol. The monoisotopic (exact) mass is 407 g/mol. The van der Waals surface area contributed by atoms with Crippen LogP contribution in [0.1, 0.15) is 17.4 Å². The lowest BCUT2D eigenvalue weighted by Gasteiger charge is -2.08. The van der Waals surface area contributed by atoms with Crippen molar-refractivity contribution in [3.8, 4) is 22.8 Å². The molecule has 9 heteroatoms. The second-order valence-electron chi connectivity index (χ2n) is 6.50. The SMILES string of the molecule is CCn1c(=O)n(-c2ccc(F)cc2)c2nc(-c3ccc(OC)cc3)nc(C(N)=O)c21. The minimum atomic E-state index is -0.782. The maximum atomic E-state index is 13.4. The Morgan fingerprint density at radius 2 is 1.77 bits per heavy atom. The molecule has 30 heavy (non-hydrogen) atoms. The molecule has 0 unspecified atom stereocenters. The number of primary amides is 1. The van der Waals surface area contributed by atoms with Crippen LogP contribution in [0.15, 0.2) is 53.3 Å². The highest BCUT2D eigenvalue weighted by Crippen LogP contribution is 2.25. The molecule has 0 fully saturated rings. The van der Waals surface area contributed by atoms with Gasteiger partial charge >= 0.3 is 5.69 Å². The van der Waals surface area contributed by atoms with E-state index in [0.717, 1.165) is 0 Å². The van der Waals surface area contributed by atoms with E-state index in [9.17, 15) is 14.0 Å². The maximum absolute atomic E-state index is 13.4. The molecule has 152 valence electrons. The van der Waals surface area contributed by atoms with Crippen LogP contribution in [0.3, 0.4) is 0 Å². The molecule has 1 amide bonds. The van der Waals surface area contributed by atoms with Crippen LogP contribution in [0, 0.1) is 5.82 Å². The van der Waals surface area contributed by atoms with Gasteiger partial charge in [0.1, 0.15) is 17.1 Å². The van der Waals surface area contributed by atoms with Crippen molar-refractivity contribution in [2.75, 3.05) is 7.11 Å². The molecule has 0 aliphatic rings. The number of aryl methyl sites for hydroxylation is 1. The molecular formula is C21H18FN5O3. The number of hydrogen-bond donors (Lipinski definition) is 1. The summed E-state index contributed by atoms with van der Waals surface area (Å²) in [6.07, 6.45) is 0. The lowest BCUT2D eigenvalue weighted by Crippen LogP contribution is -2.23. The zero-order valence-corrected chi connectivity index (χ0v) is 16.3. The Balaban J connectivity index is 2.07. The van der Waals surface area contributed by atoms with Crippen LogP contribution >= 0.6 is 0 Å². The zero-order chi connectivity index (χ0) is 21.4. The number of fused-ring (bicyclic) bond motifs is 1. The largest absolute Gasteiger partial charge is 0.497 e. The van der Waals surface area contributed by atoms with Gasteiger partial charge in [0, 0.05) is 12.1 Å². The topological polar surface area (TPSA) is 105 Å². The number of imidazole rings is 1. The van der Waals surface area contributed by atoms with Crippen LogP contribution in [-0.2, 0) is 6.54 Å². The summed E-state index contributed by atoms with van der Waals surface area (Å²) in [6.45, 7) is 2.03. The van der Waals surface area contributed by atoms with E-state index in [1.54, 1.807) is 38.3 Å². The Hall–Kier alpha value is -4.01. The van der Waals surface area contributed by atoms with Gasteiger partial charge in [0.25, 0.3) is 5.91 Å². The van der Waals surface area contributed by atoms with Gasteiger partial charge in [-0.2, -0.15) is 0 Å². The normalized spacial score (nSPS) is 11.0. The number of carbonyl (C=O) groups is 1. The third-order valence-corrected chi connectivity index (χ3v) is 4.75. The Bertz CT molecular complexity index is 1310. The standard InChI is InChI=1S/C21H18FN5O3/c1-3-26-17-16(18(23)28)24-19(12-4-10-15(30-2)11-5-12)25-20(17)27(21(26)29)14-8-6-13(22)7-9-14/h4-11H,3H2,1-2H3,(H2,23,28). The van der Waals surface area contributed by atoms with E-state index in [4.69, 9.17) is 10.5 Å².